The van der Waals surface area contributed by atoms with Crippen molar-refractivity contribution in [1.29, 1.82) is 0 Å². The number of ether oxygens (including phenoxy) is 1. The molecule has 0 atom stereocenters. The number of benzene rings is 2. The van der Waals surface area contributed by atoms with E-state index in [-0.39, 0.29) is 27.8 Å². The van der Waals surface area contributed by atoms with E-state index in [0.29, 0.717) is 0 Å². The molecule has 2 aromatic carbocycles. The maximum Gasteiger partial charge on any atom is 0.275 e. The molecule has 0 unspecified atom stereocenters. The molecule has 0 bridgehead atoms. The molecular weight excluding hydrogens is 296 g/mol. The van der Waals surface area contributed by atoms with Crippen LogP contribution in [0, 0.1) is 10.1 Å². The van der Waals surface area contributed by atoms with Crippen LogP contribution in [0.25, 0.3) is 0 Å². The lowest BCUT2D eigenvalue weighted by molar-refractivity contribution is -0.384. The summed E-state index contributed by atoms with van der Waals surface area (Å²) in [4.78, 5) is 10.3. The molecule has 0 aliphatic carbocycles. The minimum absolute atomic E-state index is 0.0957. The van der Waals surface area contributed by atoms with Gasteiger partial charge in [0.25, 0.3) is 5.69 Å². The van der Waals surface area contributed by atoms with Crippen LogP contribution in [0.1, 0.15) is 0 Å². The largest absolute Gasteiger partial charge is 0.457 e. The highest BCUT2D eigenvalue weighted by Gasteiger charge is 2.12. The first-order valence-corrected chi connectivity index (χ1v) is 7.68. The molecule has 8 heteroatoms. The van der Waals surface area contributed by atoms with Crippen molar-refractivity contribution in [2.45, 2.75) is 4.90 Å². The third-order valence-electron chi connectivity index (χ3n) is 2.59. The second kappa shape index (κ2) is 5.41. The van der Waals surface area contributed by atoms with Crippen LogP contribution in [0.2, 0.25) is 0 Å². The molecule has 0 fully saturated rings. The number of nitrogen functional groups attached to an aromatic ring is 1. The number of nitrogens with two attached hydrogens (primary N) is 1. The lowest BCUT2D eigenvalue weighted by Gasteiger charge is -2.07. The van der Waals surface area contributed by atoms with Gasteiger partial charge in [-0.2, -0.15) is 0 Å². The predicted octanol–water partition coefficient (Wildman–Crippen LogP) is 2.37. The van der Waals surface area contributed by atoms with Crippen molar-refractivity contribution in [3.63, 3.8) is 0 Å². The van der Waals surface area contributed by atoms with E-state index in [2.05, 4.69) is 0 Å². The van der Waals surface area contributed by atoms with Gasteiger partial charge in [0, 0.05) is 24.1 Å². The van der Waals surface area contributed by atoms with Crippen LogP contribution in [-0.2, 0) is 9.84 Å². The average molecular weight is 308 g/mol. The molecule has 2 rings (SSSR count). The van der Waals surface area contributed by atoms with Gasteiger partial charge in [0.15, 0.2) is 9.84 Å². The van der Waals surface area contributed by atoms with E-state index in [1.165, 1.54) is 36.4 Å². The minimum atomic E-state index is -3.36. The summed E-state index contributed by atoms with van der Waals surface area (Å²) in [7, 11) is -3.36. The molecule has 0 radical (unpaired) electrons. The Morgan fingerprint density at radius 2 is 1.86 bits per heavy atom. The standard InChI is InChI=1S/C13H12N2O5S/c1-21(18,19)13-4-2-3-11(8-13)20-12-6-9(14)5-10(7-12)15(16)17/h2-8H,14H2,1H3. The van der Waals surface area contributed by atoms with Gasteiger partial charge >= 0.3 is 0 Å². The number of nitro benzene ring substituents is 1. The maximum atomic E-state index is 11.5. The van der Waals surface area contributed by atoms with Crippen LogP contribution < -0.4 is 10.5 Å². The van der Waals surface area contributed by atoms with Crippen LogP contribution in [0.15, 0.2) is 47.4 Å². The molecule has 0 aliphatic heterocycles. The highest BCUT2D eigenvalue weighted by atomic mass is 32.2. The third-order valence-corrected chi connectivity index (χ3v) is 3.70. The quantitative estimate of drug-likeness (QED) is 0.527. The van der Waals surface area contributed by atoms with Crippen LogP contribution in [0.4, 0.5) is 11.4 Å². The van der Waals surface area contributed by atoms with Crippen LogP contribution in [0.3, 0.4) is 0 Å². The molecule has 21 heavy (non-hydrogen) atoms. The first-order chi connectivity index (χ1) is 9.75. The molecule has 0 amide bonds. The number of hydrogen-bond donors (Lipinski definition) is 1. The van der Waals surface area contributed by atoms with Gasteiger partial charge in [-0.3, -0.25) is 10.1 Å². The van der Waals surface area contributed by atoms with E-state index in [4.69, 9.17) is 10.5 Å². The molecule has 2 N–H and O–H groups in total. The Kier molecular flexibility index (Phi) is 3.81. The second-order valence-corrected chi connectivity index (χ2v) is 6.38. The van der Waals surface area contributed by atoms with Crippen LogP contribution in [-0.4, -0.2) is 19.6 Å². The lowest BCUT2D eigenvalue weighted by Crippen LogP contribution is -1.97. The van der Waals surface area contributed by atoms with Crippen molar-refractivity contribution < 1.29 is 18.1 Å². The number of nitro groups is 1. The fourth-order valence-corrected chi connectivity index (χ4v) is 2.33. The monoisotopic (exact) mass is 308 g/mol. The molecule has 7 nitrogen and oxygen atoms in total. The van der Waals surface area contributed by atoms with Gasteiger partial charge in [-0.1, -0.05) is 6.07 Å². The van der Waals surface area contributed by atoms with E-state index in [1.54, 1.807) is 6.07 Å². The van der Waals surface area contributed by atoms with Gasteiger partial charge in [-0.15, -0.1) is 0 Å². The number of non-ortho nitro benzene ring substituents is 1. The van der Waals surface area contributed by atoms with E-state index in [0.717, 1.165) is 6.26 Å². The Bertz CT molecular complexity index is 802. The van der Waals surface area contributed by atoms with Gasteiger partial charge in [-0.25, -0.2) is 8.42 Å². The van der Waals surface area contributed by atoms with E-state index in [1.807, 2.05) is 0 Å². The van der Waals surface area contributed by atoms with Gasteiger partial charge in [0.05, 0.1) is 15.9 Å². The first-order valence-electron chi connectivity index (χ1n) is 5.78. The van der Waals surface area contributed by atoms with Gasteiger partial charge < -0.3 is 10.5 Å². The lowest BCUT2D eigenvalue weighted by atomic mass is 10.2. The Hall–Kier alpha value is -2.61. The zero-order chi connectivity index (χ0) is 15.6. The molecule has 0 heterocycles. The Balaban J connectivity index is 2.37. The molecule has 0 saturated carbocycles. The predicted molar refractivity (Wildman–Crippen MR) is 77.1 cm³/mol. The Labute approximate surface area is 121 Å². The van der Waals surface area contributed by atoms with Crippen molar-refractivity contribution >= 4 is 21.2 Å². The maximum absolute atomic E-state index is 11.5. The SMILES string of the molecule is CS(=O)(=O)c1cccc(Oc2cc(N)cc([N+](=O)[O-])c2)c1. The van der Waals surface area contributed by atoms with Crippen molar-refractivity contribution in [1.82, 2.24) is 0 Å². The molecule has 110 valence electrons. The Morgan fingerprint density at radius 1 is 1.14 bits per heavy atom. The van der Waals surface area contributed by atoms with Crippen molar-refractivity contribution in [3.05, 3.63) is 52.6 Å². The molecule has 0 aliphatic rings. The number of hydrogen-bond acceptors (Lipinski definition) is 6. The van der Waals surface area contributed by atoms with Gasteiger partial charge in [0.2, 0.25) is 0 Å². The zero-order valence-corrected chi connectivity index (χ0v) is 11.8. The molecule has 0 spiro atoms. The molecule has 2 aromatic rings. The number of sulfone groups is 1. The highest BCUT2D eigenvalue weighted by molar-refractivity contribution is 7.90. The smallest absolute Gasteiger partial charge is 0.275 e. The van der Waals surface area contributed by atoms with Gasteiger partial charge in [0.1, 0.15) is 11.5 Å². The summed E-state index contributed by atoms with van der Waals surface area (Å²) in [5.41, 5.74) is 5.54. The molecule has 0 aromatic heterocycles. The summed E-state index contributed by atoms with van der Waals surface area (Å²) in [5, 5.41) is 10.8. The third kappa shape index (κ3) is 3.69. The normalized spacial score (nSPS) is 11.1. The fraction of sp³-hybridized carbons (Fsp3) is 0.0769. The van der Waals surface area contributed by atoms with Crippen LogP contribution >= 0.6 is 0 Å². The molecular formula is C13H12N2O5S. The summed E-state index contributed by atoms with van der Waals surface area (Å²) in [6.45, 7) is 0. The second-order valence-electron chi connectivity index (χ2n) is 4.37. The summed E-state index contributed by atoms with van der Waals surface area (Å²) in [6, 6.07) is 9.67. The van der Waals surface area contributed by atoms with Crippen molar-refractivity contribution in [2.75, 3.05) is 12.0 Å². The number of rotatable bonds is 4. The highest BCUT2D eigenvalue weighted by Crippen LogP contribution is 2.29. The molecule has 0 saturated heterocycles. The minimum Gasteiger partial charge on any atom is -0.457 e. The topological polar surface area (TPSA) is 113 Å². The fourth-order valence-electron chi connectivity index (χ4n) is 1.67. The van der Waals surface area contributed by atoms with E-state index in [9.17, 15) is 18.5 Å². The summed E-state index contributed by atoms with van der Waals surface area (Å²) >= 11 is 0. The van der Waals surface area contributed by atoms with Crippen molar-refractivity contribution in [3.8, 4) is 11.5 Å². The van der Waals surface area contributed by atoms with E-state index >= 15 is 0 Å². The summed E-state index contributed by atoms with van der Waals surface area (Å²) < 4.78 is 28.4. The summed E-state index contributed by atoms with van der Waals surface area (Å²) in [5.74, 6) is 0.408. The van der Waals surface area contributed by atoms with Gasteiger partial charge in [-0.05, 0) is 18.2 Å². The zero-order valence-electron chi connectivity index (χ0n) is 11.0. The summed E-state index contributed by atoms with van der Waals surface area (Å²) in [6.07, 6.45) is 1.08. The number of anilines is 1. The van der Waals surface area contributed by atoms with Crippen LogP contribution in [0.5, 0.6) is 11.5 Å². The average Bonchev–Trinajstić information content (AvgIpc) is 2.37. The van der Waals surface area contributed by atoms with Crippen molar-refractivity contribution in [2.24, 2.45) is 0 Å². The first kappa shape index (κ1) is 14.8. The van der Waals surface area contributed by atoms with E-state index < -0.39 is 14.8 Å². The number of nitrogens with zero attached hydrogens (tertiary/aromatic N) is 1. The Morgan fingerprint density at radius 3 is 2.48 bits per heavy atom.